The number of aromatic nitrogens is 2. The van der Waals surface area contributed by atoms with Gasteiger partial charge in [0.15, 0.2) is 0 Å². The van der Waals surface area contributed by atoms with Crippen molar-refractivity contribution in [3.8, 4) is 0 Å². The maximum absolute atomic E-state index is 12.6. The van der Waals surface area contributed by atoms with Crippen molar-refractivity contribution in [1.82, 2.24) is 25.6 Å². The van der Waals surface area contributed by atoms with Crippen LogP contribution in [-0.2, 0) is 9.59 Å². The average molecular weight is 401 g/mol. The fraction of sp³-hybridized carbons (Fsp3) is 0.579. The molecule has 10 nitrogen and oxygen atoms in total. The normalized spacial score (nSPS) is 19.3. The van der Waals surface area contributed by atoms with E-state index in [9.17, 15) is 14.4 Å². The van der Waals surface area contributed by atoms with Gasteiger partial charge in [0.2, 0.25) is 11.9 Å². The lowest BCUT2D eigenvalue weighted by atomic mass is 9.97. The number of hydrazone groups is 1. The number of piperidine rings is 1. The Morgan fingerprint density at radius 2 is 2.14 bits per heavy atom. The molecule has 29 heavy (non-hydrogen) atoms. The molecule has 1 aromatic heterocycles. The molecule has 0 bridgehead atoms. The van der Waals surface area contributed by atoms with Gasteiger partial charge in [-0.15, -0.1) is 0 Å². The van der Waals surface area contributed by atoms with Crippen molar-refractivity contribution in [2.45, 2.75) is 32.6 Å². The summed E-state index contributed by atoms with van der Waals surface area (Å²) in [5.74, 6) is 0.207. The lowest BCUT2D eigenvalue weighted by Crippen LogP contribution is -2.47. The summed E-state index contributed by atoms with van der Waals surface area (Å²) in [7, 11) is 3.69. The van der Waals surface area contributed by atoms with Crippen LogP contribution < -0.4 is 15.6 Å². The monoisotopic (exact) mass is 401 g/mol. The number of nitrogens with zero attached hydrogens (tertiary/aromatic N) is 5. The van der Waals surface area contributed by atoms with E-state index in [1.807, 2.05) is 14.1 Å². The molecule has 3 rings (SSSR count). The lowest BCUT2D eigenvalue weighted by molar-refractivity contribution is -0.126. The van der Waals surface area contributed by atoms with Gasteiger partial charge in [-0.05, 0) is 25.7 Å². The first-order valence-corrected chi connectivity index (χ1v) is 9.79. The van der Waals surface area contributed by atoms with Crippen LogP contribution in [0.1, 0.15) is 41.7 Å². The molecular formula is C19H27N7O3. The second kappa shape index (κ2) is 8.97. The van der Waals surface area contributed by atoms with Gasteiger partial charge in [0.25, 0.3) is 11.8 Å². The van der Waals surface area contributed by atoms with Crippen molar-refractivity contribution in [3.63, 3.8) is 0 Å². The molecule has 2 N–H and O–H groups in total. The number of carbonyl (C=O) groups is 3. The molecule has 0 saturated carbocycles. The smallest absolute Gasteiger partial charge is 0.270 e. The summed E-state index contributed by atoms with van der Waals surface area (Å²) >= 11 is 0. The molecule has 0 aliphatic carbocycles. The molecule has 1 saturated heterocycles. The maximum atomic E-state index is 12.6. The summed E-state index contributed by atoms with van der Waals surface area (Å²) in [6, 6.07) is 0. The van der Waals surface area contributed by atoms with Gasteiger partial charge < -0.3 is 15.1 Å². The van der Waals surface area contributed by atoms with Gasteiger partial charge in [-0.3, -0.25) is 14.4 Å². The second-order valence-corrected chi connectivity index (χ2v) is 7.63. The summed E-state index contributed by atoms with van der Waals surface area (Å²) in [6.07, 6.45) is 3.99. The Kier molecular flexibility index (Phi) is 6.40. The van der Waals surface area contributed by atoms with Crippen LogP contribution in [-0.4, -0.2) is 72.0 Å². The van der Waals surface area contributed by atoms with Crippen LogP contribution in [0, 0.1) is 12.8 Å². The van der Waals surface area contributed by atoms with Crippen LogP contribution in [0.4, 0.5) is 5.95 Å². The Morgan fingerprint density at radius 1 is 1.34 bits per heavy atom. The van der Waals surface area contributed by atoms with Crippen molar-refractivity contribution in [3.05, 3.63) is 17.5 Å². The largest absolute Gasteiger partial charge is 0.352 e. The van der Waals surface area contributed by atoms with Crippen LogP contribution in [0.5, 0.6) is 0 Å². The maximum Gasteiger partial charge on any atom is 0.270 e. The minimum Gasteiger partial charge on any atom is -0.352 e. The molecule has 2 aliphatic rings. The zero-order valence-electron chi connectivity index (χ0n) is 17.1. The molecule has 1 fully saturated rings. The number of amides is 3. The van der Waals surface area contributed by atoms with E-state index in [-0.39, 0.29) is 30.1 Å². The van der Waals surface area contributed by atoms with E-state index >= 15 is 0 Å². The highest BCUT2D eigenvalue weighted by molar-refractivity contribution is 6.39. The minimum atomic E-state index is -0.212. The zero-order valence-corrected chi connectivity index (χ0v) is 17.1. The number of anilines is 1. The molecule has 156 valence electrons. The highest BCUT2D eigenvalue weighted by atomic mass is 16.2. The molecule has 0 spiro atoms. The van der Waals surface area contributed by atoms with Gasteiger partial charge in [-0.2, -0.15) is 5.10 Å². The van der Waals surface area contributed by atoms with E-state index in [0.29, 0.717) is 49.0 Å². The van der Waals surface area contributed by atoms with E-state index in [0.717, 1.165) is 12.8 Å². The third-order valence-corrected chi connectivity index (χ3v) is 5.12. The quantitative estimate of drug-likeness (QED) is 0.721. The SMILES string of the molecule is Cc1nc(N(C)C)ncc1C(=O)NCC1CCCN(C(=O)C2=NNC(=O)CC2)C1. The number of carbonyl (C=O) groups excluding carboxylic acids is 3. The topological polar surface area (TPSA) is 120 Å². The number of rotatable bonds is 5. The molecular weight excluding hydrogens is 374 g/mol. The molecule has 1 atom stereocenters. The number of aryl methyl sites for hydroxylation is 1. The number of nitrogens with one attached hydrogen (secondary N) is 2. The van der Waals surface area contributed by atoms with Gasteiger partial charge in [0.1, 0.15) is 5.71 Å². The standard InChI is InChI=1S/C19H27N7O3/c1-12-14(10-21-19(22-12)25(2)3)17(28)20-9-13-5-4-8-26(11-13)18(29)15-6-7-16(27)24-23-15/h10,13H,4-9,11H2,1-3H3,(H,20,28)(H,24,27). The first kappa shape index (κ1) is 20.7. The Balaban J connectivity index is 1.55. The van der Waals surface area contributed by atoms with Crippen molar-refractivity contribution in [2.24, 2.45) is 11.0 Å². The van der Waals surface area contributed by atoms with E-state index in [4.69, 9.17) is 0 Å². The summed E-state index contributed by atoms with van der Waals surface area (Å²) in [5.41, 5.74) is 3.83. The predicted octanol–water partition coefficient (Wildman–Crippen LogP) is 0.0854. The summed E-state index contributed by atoms with van der Waals surface area (Å²) in [6.45, 7) is 3.48. The van der Waals surface area contributed by atoms with Gasteiger partial charge in [0, 0.05) is 52.8 Å². The summed E-state index contributed by atoms with van der Waals surface area (Å²) < 4.78 is 0. The van der Waals surface area contributed by atoms with Crippen molar-refractivity contribution >= 4 is 29.4 Å². The van der Waals surface area contributed by atoms with Crippen LogP contribution in [0.3, 0.4) is 0 Å². The van der Waals surface area contributed by atoms with E-state index < -0.39 is 0 Å². The van der Waals surface area contributed by atoms with Crippen molar-refractivity contribution in [1.29, 1.82) is 0 Å². The van der Waals surface area contributed by atoms with Crippen molar-refractivity contribution < 1.29 is 14.4 Å². The molecule has 1 unspecified atom stereocenters. The fourth-order valence-corrected chi connectivity index (χ4v) is 3.45. The average Bonchev–Trinajstić information content (AvgIpc) is 2.72. The minimum absolute atomic E-state index is 0.135. The van der Waals surface area contributed by atoms with Crippen LogP contribution >= 0.6 is 0 Å². The van der Waals surface area contributed by atoms with Crippen LogP contribution in [0.25, 0.3) is 0 Å². The van der Waals surface area contributed by atoms with Crippen LogP contribution in [0.2, 0.25) is 0 Å². The summed E-state index contributed by atoms with van der Waals surface area (Å²) in [4.78, 5) is 48.5. The first-order chi connectivity index (χ1) is 13.8. The highest BCUT2D eigenvalue weighted by Crippen LogP contribution is 2.18. The number of hydrogen-bond acceptors (Lipinski definition) is 7. The second-order valence-electron chi connectivity index (χ2n) is 7.63. The van der Waals surface area contributed by atoms with E-state index in [2.05, 4.69) is 25.8 Å². The Hall–Kier alpha value is -3.04. The zero-order chi connectivity index (χ0) is 21.0. The molecule has 2 aliphatic heterocycles. The third-order valence-electron chi connectivity index (χ3n) is 5.12. The lowest BCUT2D eigenvalue weighted by Gasteiger charge is -2.33. The molecule has 1 aromatic rings. The Bertz CT molecular complexity index is 837. The third kappa shape index (κ3) is 5.07. The summed E-state index contributed by atoms with van der Waals surface area (Å²) in [5, 5.41) is 6.84. The molecule has 3 heterocycles. The van der Waals surface area contributed by atoms with Crippen molar-refractivity contribution in [2.75, 3.05) is 38.6 Å². The molecule has 0 radical (unpaired) electrons. The fourth-order valence-electron chi connectivity index (χ4n) is 3.45. The van der Waals surface area contributed by atoms with Gasteiger partial charge in [0.05, 0.1) is 11.3 Å². The molecule has 0 aromatic carbocycles. The van der Waals surface area contributed by atoms with E-state index in [1.54, 1.807) is 22.9 Å². The molecule has 10 heteroatoms. The van der Waals surface area contributed by atoms with Crippen LogP contribution in [0.15, 0.2) is 11.3 Å². The predicted molar refractivity (Wildman–Crippen MR) is 108 cm³/mol. The Morgan fingerprint density at radius 3 is 2.79 bits per heavy atom. The van der Waals surface area contributed by atoms with E-state index in [1.165, 1.54) is 0 Å². The van der Waals surface area contributed by atoms with Gasteiger partial charge in [-0.1, -0.05) is 0 Å². The number of hydrogen-bond donors (Lipinski definition) is 2. The Labute approximate surface area is 169 Å². The number of likely N-dealkylation sites (tertiary alicyclic amines) is 1. The highest BCUT2D eigenvalue weighted by Gasteiger charge is 2.28. The molecule has 3 amide bonds. The van der Waals surface area contributed by atoms with Gasteiger partial charge in [-0.25, -0.2) is 15.4 Å². The first-order valence-electron chi connectivity index (χ1n) is 9.79. The van der Waals surface area contributed by atoms with Gasteiger partial charge >= 0.3 is 0 Å².